The Kier molecular flexibility index (Phi) is 7.83. The summed E-state index contributed by atoms with van der Waals surface area (Å²) in [5, 5.41) is 0.576. The fraction of sp³-hybridized carbons (Fsp3) is 0.562. The Hall–Kier alpha value is -0.980. The van der Waals surface area contributed by atoms with Gasteiger partial charge < -0.3 is 9.64 Å². The smallest absolute Gasteiger partial charge is 0.263 e. The number of likely N-dealkylation sites (N-methyl/N-ethyl adjacent to an activating group) is 1. The Labute approximate surface area is 153 Å². The van der Waals surface area contributed by atoms with Crippen molar-refractivity contribution in [3.8, 4) is 5.75 Å². The number of halogens is 2. The quantitative estimate of drug-likeness (QED) is 0.676. The summed E-state index contributed by atoms with van der Waals surface area (Å²) in [7, 11) is -3.18. The molecule has 0 aliphatic carbocycles. The predicted molar refractivity (Wildman–Crippen MR) is 97.7 cm³/mol. The number of amides is 1. The van der Waals surface area contributed by atoms with Gasteiger partial charge in [0.2, 0.25) is 0 Å². The monoisotopic (exact) mass is 395 g/mol. The molecule has 0 heterocycles. The van der Waals surface area contributed by atoms with Crippen molar-refractivity contribution in [2.24, 2.45) is 0 Å². The average Bonchev–Trinajstić information content (AvgIpc) is 2.51. The zero-order chi connectivity index (χ0) is 18.5. The van der Waals surface area contributed by atoms with Gasteiger partial charge in [0.25, 0.3) is 5.91 Å². The summed E-state index contributed by atoms with van der Waals surface area (Å²) < 4.78 is 29.2. The van der Waals surface area contributed by atoms with Crippen LogP contribution >= 0.6 is 23.2 Å². The standard InChI is InChI=1S/C16H23Cl2NO4S/c1-5-19(11(3)10-24(21,22)6-2)16(20)12(4)23-14-9-7-8-13(17)15(14)18/h7-9,11-12H,5-6,10H2,1-4H3. The summed E-state index contributed by atoms with van der Waals surface area (Å²) in [4.78, 5) is 14.1. The molecule has 24 heavy (non-hydrogen) atoms. The highest BCUT2D eigenvalue weighted by Crippen LogP contribution is 2.32. The van der Waals surface area contributed by atoms with E-state index in [2.05, 4.69) is 0 Å². The Bertz CT molecular complexity index is 679. The molecule has 0 N–H and O–H groups in total. The molecule has 0 aromatic heterocycles. The topological polar surface area (TPSA) is 63.7 Å². The van der Waals surface area contributed by atoms with Crippen LogP contribution in [-0.2, 0) is 14.6 Å². The molecule has 0 fully saturated rings. The lowest BCUT2D eigenvalue weighted by atomic mass is 10.2. The molecule has 0 spiro atoms. The molecule has 0 saturated heterocycles. The molecule has 5 nitrogen and oxygen atoms in total. The molecule has 0 aliphatic heterocycles. The van der Waals surface area contributed by atoms with Gasteiger partial charge in [0.1, 0.15) is 10.8 Å². The van der Waals surface area contributed by atoms with Crippen LogP contribution in [0.1, 0.15) is 27.7 Å². The molecule has 8 heteroatoms. The maximum atomic E-state index is 12.6. The third-order valence-electron chi connectivity index (χ3n) is 3.66. The fourth-order valence-corrected chi connectivity index (χ4v) is 3.80. The largest absolute Gasteiger partial charge is 0.479 e. The van der Waals surface area contributed by atoms with E-state index >= 15 is 0 Å². The zero-order valence-corrected chi connectivity index (χ0v) is 16.6. The summed E-state index contributed by atoms with van der Waals surface area (Å²) in [5.74, 6) is -0.0108. The number of nitrogens with zero attached hydrogens (tertiary/aromatic N) is 1. The lowest BCUT2D eigenvalue weighted by molar-refractivity contribution is -0.139. The summed E-state index contributed by atoms with van der Waals surface area (Å²) in [6, 6.07) is 4.49. The van der Waals surface area contributed by atoms with Gasteiger partial charge in [-0.2, -0.15) is 0 Å². The van der Waals surface area contributed by atoms with E-state index in [0.717, 1.165) is 0 Å². The zero-order valence-electron chi connectivity index (χ0n) is 14.3. The normalized spacial score (nSPS) is 14.1. The van der Waals surface area contributed by atoms with Crippen molar-refractivity contribution in [3.05, 3.63) is 28.2 Å². The summed E-state index contributed by atoms with van der Waals surface area (Å²) in [6.45, 7) is 7.09. The van der Waals surface area contributed by atoms with Crippen molar-refractivity contribution in [2.45, 2.75) is 39.8 Å². The number of rotatable bonds is 8. The number of sulfone groups is 1. The second-order valence-electron chi connectivity index (χ2n) is 5.48. The van der Waals surface area contributed by atoms with E-state index in [1.54, 1.807) is 45.9 Å². The van der Waals surface area contributed by atoms with Crippen molar-refractivity contribution in [1.29, 1.82) is 0 Å². The van der Waals surface area contributed by atoms with Crippen molar-refractivity contribution >= 4 is 38.9 Å². The second kappa shape index (κ2) is 8.92. The molecule has 2 atom stereocenters. The Morgan fingerprint density at radius 2 is 1.88 bits per heavy atom. The second-order valence-corrected chi connectivity index (χ2v) is 8.67. The summed E-state index contributed by atoms with van der Waals surface area (Å²) in [5.41, 5.74) is 0. The summed E-state index contributed by atoms with van der Waals surface area (Å²) >= 11 is 12.0. The Balaban J connectivity index is 2.86. The van der Waals surface area contributed by atoms with E-state index in [1.807, 2.05) is 0 Å². The van der Waals surface area contributed by atoms with Crippen molar-refractivity contribution in [1.82, 2.24) is 4.90 Å². The molecule has 1 aromatic rings. The van der Waals surface area contributed by atoms with Gasteiger partial charge in [-0.1, -0.05) is 36.2 Å². The molecule has 136 valence electrons. The number of carbonyl (C=O) groups excluding carboxylic acids is 1. The molecular weight excluding hydrogens is 373 g/mol. The van der Waals surface area contributed by atoms with Crippen LogP contribution < -0.4 is 4.74 Å². The van der Waals surface area contributed by atoms with Crippen molar-refractivity contribution < 1.29 is 17.9 Å². The van der Waals surface area contributed by atoms with Crippen LogP contribution in [0.25, 0.3) is 0 Å². The van der Waals surface area contributed by atoms with E-state index in [-0.39, 0.29) is 22.4 Å². The van der Waals surface area contributed by atoms with Gasteiger partial charge in [0, 0.05) is 18.3 Å². The SMILES string of the molecule is CCN(C(=O)C(C)Oc1cccc(Cl)c1Cl)C(C)CS(=O)(=O)CC. The summed E-state index contributed by atoms with van der Waals surface area (Å²) in [6.07, 6.45) is -0.812. The maximum absolute atomic E-state index is 12.6. The van der Waals surface area contributed by atoms with Gasteiger partial charge in [0.05, 0.1) is 10.8 Å². The number of carbonyl (C=O) groups is 1. The average molecular weight is 396 g/mol. The van der Waals surface area contributed by atoms with Gasteiger partial charge in [-0.05, 0) is 32.9 Å². The Morgan fingerprint density at radius 1 is 1.25 bits per heavy atom. The fourth-order valence-electron chi connectivity index (χ4n) is 2.31. The van der Waals surface area contributed by atoms with Gasteiger partial charge in [0.15, 0.2) is 15.9 Å². The molecule has 0 aliphatic rings. The molecule has 1 amide bonds. The van der Waals surface area contributed by atoms with E-state index < -0.39 is 22.0 Å². The predicted octanol–water partition coefficient (Wildman–Crippen LogP) is 3.43. The van der Waals surface area contributed by atoms with Crippen LogP contribution in [0.5, 0.6) is 5.75 Å². The Morgan fingerprint density at radius 3 is 2.42 bits per heavy atom. The molecule has 0 radical (unpaired) electrons. The first-order valence-corrected chi connectivity index (χ1v) is 10.3. The number of hydrogen-bond acceptors (Lipinski definition) is 4. The third kappa shape index (κ3) is 5.53. The van der Waals surface area contributed by atoms with E-state index in [4.69, 9.17) is 27.9 Å². The van der Waals surface area contributed by atoms with Crippen LogP contribution in [0.2, 0.25) is 10.0 Å². The third-order valence-corrected chi connectivity index (χ3v) is 6.33. The molecule has 0 saturated carbocycles. The highest BCUT2D eigenvalue weighted by molar-refractivity contribution is 7.91. The van der Waals surface area contributed by atoms with Crippen LogP contribution in [0, 0.1) is 0 Å². The van der Waals surface area contributed by atoms with Crippen LogP contribution in [0.3, 0.4) is 0 Å². The first-order chi connectivity index (χ1) is 11.1. The van der Waals surface area contributed by atoms with Gasteiger partial charge in [-0.25, -0.2) is 8.42 Å². The minimum Gasteiger partial charge on any atom is -0.479 e. The minimum absolute atomic E-state index is 0.0489. The minimum atomic E-state index is -3.18. The molecule has 1 rings (SSSR count). The van der Waals surface area contributed by atoms with Crippen molar-refractivity contribution in [3.63, 3.8) is 0 Å². The van der Waals surface area contributed by atoms with Crippen molar-refractivity contribution in [2.75, 3.05) is 18.1 Å². The highest BCUT2D eigenvalue weighted by Gasteiger charge is 2.28. The number of ether oxygens (including phenoxy) is 1. The first-order valence-electron chi connectivity index (χ1n) is 7.74. The van der Waals surface area contributed by atoms with Crippen LogP contribution in [-0.4, -0.2) is 49.4 Å². The maximum Gasteiger partial charge on any atom is 0.263 e. The van der Waals surface area contributed by atoms with E-state index in [1.165, 1.54) is 4.90 Å². The molecule has 1 aromatic carbocycles. The molecular formula is C16H23Cl2NO4S. The lowest BCUT2D eigenvalue weighted by Gasteiger charge is -2.30. The van der Waals surface area contributed by atoms with Gasteiger partial charge in [-0.15, -0.1) is 0 Å². The number of hydrogen-bond donors (Lipinski definition) is 0. The van der Waals surface area contributed by atoms with E-state index in [0.29, 0.717) is 17.3 Å². The van der Waals surface area contributed by atoms with Crippen LogP contribution in [0.15, 0.2) is 18.2 Å². The molecule has 2 unspecified atom stereocenters. The number of benzene rings is 1. The van der Waals surface area contributed by atoms with E-state index in [9.17, 15) is 13.2 Å². The lowest BCUT2D eigenvalue weighted by Crippen LogP contribution is -2.47. The molecule has 0 bridgehead atoms. The van der Waals surface area contributed by atoms with Gasteiger partial charge >= 0.3 is 0 Å². The van der Waals surface area contributed by atoms with Gasteiger partial charge in [-0.3, -0.25) is 4.79 Å². The van der Waals surface area contributed by atoms with Crippen LogP contribution in [0.4, 0.5) is 0 Å². The first kappa shape index (κ1) is 21.1. The highest BCUT2D eigenvalue weighted by atomic mass is 35.5.